The molecule has 0 spiro atoms. The van der Waals surface area contributed by atoms with E-state index in [1.54, 1.807) is 0 Å². The zero-order chi connectivity index (χ0) is 11.4. The van der Waals surface area contributed by atoms with Crippen LogP contribution in [0.15, 0.2) is 0 Å². The van der Waals surface area contributed by atoms with Gasteiger partial charge in [-0.1, -0.05) is 13.8 Å². The van der Waals surface area contributed by atoms with Crippen LogP contribution in [0.25, 0.3) is 0 Å². The first kappa shape index (κ1) is 12.3. The Balaban J connectivity index is 2.35. The largest absolute Gasteiger partial charge is 0.335 e. The van der Waals surface area contributed by atoms with E-state index >= 15 is 0 Å². The van der Waals surface area contributed by atoms with Crippen molar-refractivity contribution in [2.75, 3.05) is 5.88 Å². The van der Waals surface area contributed by atoms with E-state index in [0.717, 1.165) is 12.8 Å². The molecule has 3 amide bonds. The van der Waals surface area contributed by atoms with Crippen molar-refractivity contribution < 1.29 is 9.59 Å². The van der Waals surface area contributed by atoms with Crippen molar-refractivity contribution in [1.29, 1.82) is 0 Å². The Morgan fingerprint density at radius 2 is 2.00 bits per heavy atom. The molecular weight excluding hydrogens is 216 g/mol. The zero-order valence-corrected chi connectivity index (χ0v) is 9.80. The third-order valence-corrected chi connectivity index (χ3v) is 3.40. The van der Waals surface area contributed by atoms with Gasteiger partial charge in [0.25, 0.3) is 0 Å². The van der Waals surface area contributed by atoms with Crippen LogP contribution in [-0.2, 0) is 4.79 Å². The van der Waals surface area contributed by atoms with Gasteiger partial charge in [-0.2, -0.15) is 0 Å². The van der Waals surface area contributed by atoms with Crippen LogP contribution < -0.4 is 10.6 Å². The lowest BCUT2D eigenvalue weighted by molar-refractivity contribution is -0.117. The smallest absolute Gasteiger partial charge is 0.321 e. The minimum Gasteiger partial charge on any atom is -0.335 e. The number of nitrogens with one attached hydrogen (secondary N) is 2. The fraction of sp³-hybridized carbons (Fsp3) is 0.800. The molecule has 1 rings (SSSR count). The van der Waals surface area contributed by atoms with Crippen LogP contribution in [-0.4, -0.2) is 23.9 Å². The molecule has 1 aliphatic rings. The molecule has 1 saturated carbocycles. The molecule has 3 atom stereocenters. The number of alkyl halides is 1. The number of hydrogen-bond acceptors (Lipinski definition) is 2. The summed E-state index contributed by atoms with van der Waals surface area (Å²) in [6, 6.07) is -0.269. The first-order valence-corrected chi connectivity index (χ1v) is 5.74. The van der Waals surface area contributed by atoms with E-state index in [1.165, 1.54) is 0 Å². The van der Waals surface area contributed by atoms with E-state index in [1.807, 2.05) is 0 Å². The van der Waals surface area contributed by atoms with Gasteiger partial charge in [0.15, 0.2) is 0 Å². The van der Waals surface area contributed by atoms with Crippen LogP contribution in [0.3, 0.4) is 0 Å². The van der Waals surface area contributed by atoms with Crippen molar-refractivity contribution in [3.05, 3.63) is 0 Å². The second kappa shape index (κ2) is 5.35. The first-order valence-electron chi connectivity index (χ1n) is 5.21. The number of rotatable bonds is 2. The van der Waals surface area contributed by atoms with Crippen LogP contribution in [0.5, 0.6) is 0 Å². The predicted molar refractivity (Wildman–Crippen MR) is 58.7 cm³/mol. The summed E-state index contributed by atoms with van der Waals surface area (Å²) in [4.78, 5) is 22.2. The standard InChI is InChI=1S/C10H17ClN2O2/c1-6-3-4-8(7(6)2)12-10(15)13-9(14)5-11/h6-8H,3-5H2,1-2H3,(H2,12,13,14,15). The summed E-state index contributed by atoms with van der Waals surface area (Å²) in [5, 5.41) is 4.97. The highest BCUT2D eigenvalue weighted by Crippen LogP contribution is 2.30. The Hall–Kier alpha value is -0.770. The van der Waals surface area contributed by atoms with Crippen LogP contribution in [0.1, 0.15) is 26.7 Å². The number of carbonyl (C=O) groups excluding carboxylic acids is 2. The van der Waals surface area contributed by atoms with Crippen molar-refractivity contribution in [2.24, 2.45) is 11.8 Å². The minimum atomic E-state index is -0.465. The average Bonchev–Trinajstić information content (AvgIpc) is 2.49. The molecule has 0 aromatic rings. The predicted octanol–water partition coefficient (Wildman–Crippen LogP) is 1.49. The summed E-state index contributed by atoms with van der Waals surface area (Å²) in [5.41, 5.74) is 0. The highest BCUT2D eigenvalue weighted by atomic mass is 35.5. The second-order valence-corrected chi connectivity index (χ2v) is 4.44. The number of carbonyl (C=O) groups is 2. The van der Waals surface area contributed by atoms with Crippen LogP contribution >= 0.6 is 11.6 Å². The summed E-state index contributed by atoms with van der Waals surface area (Å²) < 4.78 is 0. The van der Waals surface area contributed by atoms with Crippen molar-refractivity contribution in [3.8, 4) is 0 Å². The molecule has 1 fully saturated rings. The molecule has 0 saturated heterocycles. The molecule has 0 bridgehead atoms. The molecule has 0 heterocycles. The maximum Gasteiger partial charge on any atom is 0.321 e. The van der Waals surface area contributed by atoms with Gasteiger partial charge >= 0.3 is 6.03 Å². The number of halogens is 1. The quantitative estimate of drug-likeness (QED) is 0.709. The fourth-order valence-corrected chi connectivity index (χ4v) is 2.00. The molecule has 2 N–H and O–H groups in total. The Bertz CT molecular complexity index is 258. The Kier molecular flexibility index (Phi) is 4.39. The minimum absolute atomic E-state index is 0.170. The summed E-state index contributed by atoms with van der Waals surface area (Å²) >= 11 is 5.27. The molecule has 0 aliphatic heterocycles. The number of imide groups is 1. The second-order valence-electron chi connectivity index (χ2n) is 4.18. The molecule has 0 aromatic heterocycles. The monoisotopic (exact) mass is 232 g/mol. The van der Waals surface area contributed by atoms with Crippen molar-refractivity contribution in [3.63, 3.8) is 0 Å². The van der Waals surface area contributed by atoms with Gasteiger partial charge in [0.05, 0.1) is 0 Å². The number of urea groups is 1. The van der Waals surface area contributed by atoms with E-state index in [0.29, 0.717) is 11.8 Å². The fourth-order valence-electron chi connectivity index (χ4n) is 1.93. The van der Waals surface area contributed by atoms with E-state index in [9.17, 15) is 9.59 Å². The Morgan fingerprint density at radius 1 is 1.33 bits per heavy atom. The lowest BCUT2D eigenvalue weighted by Crippen LogP contribution is -2.46. The molecule has 15 heavy (non-hydrogen) atoms. The van der Waals surface area contributed by atoms with Gasteiger partial charge in [0.1, 0.15) is 5.88 Å². The molecule has 5 heteroatoms. The molecule has 0 aromatic carbocycles. The van der Waals surface area contributed by atoms with Gasteiger partial charge in [-0.15, -0.1) is 11.6 Å². The zero-order valence-electron chi connectivity index (χ0n) is 9.05. The van der Waals surface area contributed by atoms with E-state index in [4.69, 9.17) is 11.6 Å². The SMILES string of the molecule is CC1CCC(NC(=O)NC(=O)CCl)C1C. The first-order chi connectivity index (χ1) is 7.04. The van der Waals surface area contributed by atoms with Crippen LogP contribution in [0.2, 0.25) is 0 Å². The van der Waals surface area contributed by atoms with Gasteiger partial charge in [-0.05, 0) is 24.7 Å². The van der Waals surface area contributed by atoms with Crippen molar-refractivity contribution in [1.82, 2.24) is 10.6 Å². The van der Waals surface area contributed by atoms with Gasteiger partial charge < -0.3 is 5.32 Å². The lowest BCUT2D eigenvalue weighted by atomic mass is 9.98. The molecule has 3 unspecified atom stereocenters. The van der Waals surface area contributed by atoms with E-state index < -0.39 is 11.9 Å². The van der Waals surface area contributed by atoms with E-state index in [-0.39, 0.29) is 11.9 Å². The van der Waals surface area contributed by atoms with Gasteiger partial charge in [0, 0.05) is 6.04 Å². The lowest BCUT2D eigenvalue weighted by Gasteiger charge is -2.19. The number of amides is 3. The summed E-state index contributed by atoms with van der Waals surface area (Å²) in [6.07, 6.45) is 2.10. The topological polar surface area (TPSA) is 58.2 Å². The van der Waals surface area contributed by atoms with Crippen molar-refractivity contribution in [2.45, 2.75) is 32.7 Å². The van der Waals surface area contributed by atoms with Gasteiger partial charge in [-0.25, -0.2) is 4.79 Å². The maximum absolute atomic E-state index is 11.3. The molecule has 1 aliphatic carbocycles. The van der Waals surface area contributed by atoms with Crippen LogP contribution in [0.4, 0.5) is 4.79 Å². The Labute approximate surface area is 94.7 Å². The molecule has 4 nitrogen and oxygen atoms in total. The van der Waals surface area contributed by atoms with Crippen molar-refractivity contribution >= 4 is 23.5 Å². The summed E-state index contributed by atoms with van der Waals surface area (Å²) in [7, 11) is 0. The summed E-state index contributed by atoms with van der Waals surface area (Å²) in [5.74, 6) is 0.429. The normalized spacial score (nSPS) is 29.9. The third-order valence-electron chi connectivity index (χ3n) is 3.16. The van der Waals surface area contributed by atoms with Crippen LogP contribution in [0, 0.1) is 11.8 Å². The molecule has 0 radical (unpaired) electrons. The highest BCUT2D eigenvalue weighted by Gasteiger charge is 2.30. The van der Waals surface area contributed by atoms with Gasteiger partial charge in [0.2, 0.25) is 5.91 Å². The average molecular weight is 233 g/mol. The number of hydrogen-bond donors (Lipinski definition) is 2. The highest BCUT2D eigenvalue weighted by molar-refractivity contribution is 6.28. The van der Waals surface area contributed by atoms with E-state index in [2.05, 4.69) is 24.5 Å². The molecule has 86 valence electrons. The van der Waals surface area contributed by atoms with Gasteiger partial charge in [-0.3, -0.25) is 10.1 Å². The third kappa shape index (κ3) is 3.38. The maximum atomic E-state index is 11.3. The molecular formula is C10H17ClN2O2. The Morgan fingerprint density at radius 3 is 2.47 bits per heavy atom. The summed E-state index contributed by atoms with van der Waals surface area (Å²) in [6.45, 7) is 4.29.